The van der Waals surface area contributed by atoms with Crippen molar-refractivity contribution in [1.82, 2.24) is 0 Å². The molecule has 2 nitrogen and oxygen atoms in total. The van der Waals surface area contributed by atoms with Crippen molar-refractivity contribution in [3.05, 3.63) is 42.0 Å². The van der Waals surface area contributed by atoms with Crippen LogP contribution in [0.3, 0.4) is 0 Å². The van der Waals surface area contributed by atoms with Crippen LogP contribution in [0.15, 0.2) is 36.4 Å². The number of ether oxygens (including phenoxy) is 1. The van der Waals surface area contributed by atoms with Gasteiger partial charge in [-0.25, -0.2) is 0 Å². The number of benzene rings is 1. The summed E-state index contributed by atoms with van der Waals surface area (Å²) in [6, 6.07) is 10.1. The Kier molecular flexibility index (Phi) is 3.97. The van der Waals surface area contributed by atoms with Gasteiger partial charge in [0.2, 0.25) is 0 Å². The lowest BCUT2D eigenvalue weighted by Gasteiger charge is -2.28. The van der Waals surface area contributed by atoms with Crippen molar-refractivity contribution in [2.45, 2.75) is 37.9 Å². The average molecular weight is 232 g/mol. The monoisotopic (exact) mass is 232 g/mol. The maximum Gasteiger partial charge on any atom is 0.104 e. The maximum absolute atomic E-state index is 10.3. The van der Waals surface area contributed by atoms with E-state index in [1.165, 1.54) is 0 Å². The van der Waals surface area contributed by atoms with Crippen molar-refractivity contribution in [1.29, 1.82) is 0 Å². The van der Waals surface area contributed by atoms with Gasteiger partial charge in [-0.2, -0.15) is 0 Å². The summed E-state index contributed by atoms with van der Waals surface area (Å²) in [4.78, 5) is 0. The van der Waals surface area contributed by atoms with Gasteiger partial charge in [0.1, 0.15) is 6.10 Å². The summed E-state index contributed by atoms with van der Waals surface area (Å²) in [6.45, 7) is 2.60. The van der Waals surface area contributed by atoms with Crippen LogP contribution < -0.4 is 0 Å². The molecule has 1 heterocycles. The second-order valence-corrected chi connectivity index (χ2v) is 4.88. The summed E-state index contributed by atoms with van der Waals surface area (Å²) in [5, 5.41) is 10.3. The first kappa shape index (κ1) is 12.3. The fourth-order valence-electron chi connectivity index (χ4n) is 2.14. The number of hydrogen-bond acceptors (Lipinski definition) is 2. The summed E-state index contributed by atoms with van der Waals surface area (Å²) < 4.78 is 5.70. The molecule has 0 amide bonds. The van der Waals surface area contributed by atoms with E-state index in [1.807, 2.05) is 49.4 Å². The first-order chi connectivity index (χ1) is 8.18. The zero-order chi connectivity index (χ0) is 12.1. The Hall–Kier alpha value is -1.12. The quantitative estimate of drug-likeness (QED) is 0.849. The highest BCUT2D eigenvalue weighted by molar-refractivity contribution is 5.49. The van der Waals surface area contributed by atoms with E-state index in [0.717, 1.165) is 31.4 Å². The highest BCUT2D eigenvalue weighted by Crippen LogP contribution is 2.25. The molecule has 1 aliphatic rings. The lowest BCUT2D eigenvalue weighted by Crippen LogP contribution is -2.38. The third-order valence-corrected chi connectivity index (χ3v) is 3.25. The highest BCUT2D eigenvalue weighted by Gasteiger charge is 2.32. The summed E-state index contributed by atoms with van der Waals surface area (Å²) in [6.07, 6.45) is 6.65. The molecule has 0 saturated carbocycles. The molecule has 0 radical (unpaired) electrons. The molecule has 1 aromatic rings. The van der Waals surface area contributed by atoms with Crippen LogP contribution in [0.5, 0.6) is 0 Å². The highest BCUT2D eigenvalue weighted by atomic mass is 16.5. The molecule has 2 rings (SSSR count). The third-order valence-electron chi connectivity index (χ3n) is 3.25. The molecule has 0 aliphatic carbocycles. The first-order valence-electron chi connectivity index (χ1n) is 6.26. The van der Waals surface area contributed by atoms with Crippen molar-refractivity contribution < 1.29 is 9.84 Å². The van der Waals surface area contributed by atoms with Crippen molar-refractivity contribution in [2.75, 3.05) is 6.61 Å². The fourth-order valence-corrected chi connectivity index (χ4v) is 2.14. The van der Waals surface area contributed by atoms with Crippen LogP contribution in [-0.4, -0.2) is 23.4 Å². The van der Waals surface area contributed by atoms with Gasteiger partial charge in [0.25, 0.3) is 0 Å². The van der Waals surface area contributed by atoms with Gasteiger partial charge in [0.15, 0.2) is 0 Å². The third kappa shape index (κ3) is 3.42. The topological polar surface area (TPSA) is 29.5 Å². The molecular formula is C15H20O2. The molecule has 1 fully saturated rings. The van der Waals surface area contributed by atoms with E-state index in [1.54, 1.807) is 0 Å². The molecule has 17 heavy (non-hydrogen) atoms. The molecule has 92 valence electrons. The first-order valence-corrected chi connectivity index (χ1v) is 6.26. The van der Waals surface area contributed by atoms with Crippen molar-refractivity contribution in [3.63, 3.8) is 0 Å². The van der Waals surface area contributed by atoms with Gasteiger partial charge in [0, 0.05) is 6.61 Å². The van der Waals surface area contributed by atoms with E-state index in [4.69, 9.17) is 4.74 Å². The van der Waals surface area contributed by atoms with Crippen LogP contribution in [0.1, 0.15) is 31.7 Å². The van der Waals surface area contributed by atoms with E-state index in [0.29, 0.717) is 0 Å². The average Bonchev–Trinajstić information content (AvgIpc) is 2.49. The molecule has 0 aromatic heterocycles. The van der Waals surface area contributed by atoms with E-state index in [2.05, 4.69) is 0 Å². The Morgan fingerprint density at radius 2 is 2.06 bits per heavy atom. The largest absolute Gasteiger partial charge is 0.387 e. The van der Waals surface area contributed by atoms with Gasteiger partial charge in [-0.1, -0.05) is 42.5 Å². The Balaban J connectivity index is 2.08. The van der Waals surface area contributed by atoms with Crippen LogP contribution in [-0.2, 0) is 4.74 Å². The van der Waals surface area contributed by atoms with Gasteiger partial charge in [0.05, 0.1) is 5.60 Å². The molecule has 1 saturated heterocycles. The van der Waals surface area contributed by atoms with E-state index >= 15 is 0 Å². The smallest absolute Gasteiger partial charge is 0.104 e. The summed E-state index contributed by atoms with van der Waals surface area (Å²) >= 11 is 0. The molecule has 1 aromatic carbocycles. The second-order valence-electron chi connectivity index (χ2n) is 4.88. The molecule has 0 unspecified atom stereocenters. The Labute approximate surface area is 103 Å². The van der Waals surface area contributed by atoms with E-state index < -0.39 is 5.60 Å². The zero-order valence-corrected chi connectivity index (χ0v) is 10.3. The van der Waals surface area contributed by atoms with E-state index in [-0.39, 0.29) is 6.10 Å². The van der Waals surface area contributed by atoms with Gasteiger partial charge in [-0.15, -0.1) is 0 Å². The van der Waals surface area contributed by atoms with E-state index in [9.17, 15) is 5.11 Å². The maximum atomic E-state index is 10.3. The molecule has 0 bridgehead atoms. The molecule has 1 N–H and O–H groups in total. The lowest BCUT2D eigenvalue weighted by atomic mass is 9.93. The number of aliphatic hydroxyl groups is 1. The molecule has 2 heteroatoms. The van der Waals surface area contributed by atoms with Crippen LogP contribution >= 0.6 is 0 Å². The Morgan fingerprint density at radius 1 is 1.29 bits per heavy atom. The second kappa shape index (κ2) is 5.48. The summed E-state index contributed by atoms with van der Waals surface area (Å²) in [7, 11) is 0. The Bertz CT molecular complexity index is 368. The van der Waals surface area contributed by atoms with Crippen molar-refractivity contribution in [3.8, 4) is 0 Å². The van der Waals surface area contributed by atoms with Gasteiger partial charge in [-0.3, -0.25) is 0 Å². The van der Waals surface area contributed by atoms with Crippen LogP contribution in [0.4, 0.5) is 0 Å². The summed E-state index contributed by atoms with van der Waals surface area (Å²) in [5.74, 6) is 0. The van der Waals surface area contributed by atoms with Crippen molar-refractivity contribution in [2.24, 2.45) is 0 Å². The van der Waals surface area contributed by atoms with Crippen LogP contribution in [0, 0.1) is 0 Å². The predicted molar refractivity (Wildman–Crippen MR) is 69.7 cm³/mol. The van der Waals surface area contributed by atoms with Crippen LogP contribution in [0.25, 0.3) is 6.08 Å². The molecule has 2 atom stereocenters. The fraction of sp³-hybridized carbons (Fsp3) is 0.467. The number of rotatable bonds is 2. The number of hydrogen-bond donors (Lipinski definition) is 1. The minimum absolute atomic E-state index is 0.204. The zero-order valence-electron chi connectivity index (χ0n) is 10.3. The molecule has 0 spiro atoms. The SMILES string of the molecule is C[C@@]1(O)CCCCO[C@H]1/C=C\c1ccccc1. The van der Waals surface area contributed by atoms with Gasteiger partial charge >= 0.3 is 0 Å². The molecular weight excluding hydrogens is 212 g/mol. The van der Waals surface area contributed by atoms with Gasteiger partial charge in [-0.05, 0) is 31.7 Å². The van der Waals surface area contributed by atoms with Crippen LogP contribution in [0.2, 0.25) is 0 Å². The van der Waals surface area contributed by atoms with Crippen molar-refractivity contribution >= 4 is 6.08 Å². The molecule has 1 aliphatic heterocycles. The predicted octanol–water partition coefficient (Wildman–Crippen LogP) is 3.02. The summed E-state index contributed by atoms with van der Waals surface area (Å²) in [5.41, 5.74) is 0.387. The standard InChI is InChI=1S/C15H20O2/c1-15(16)11-5-6-12-17-14(15)10-9-13-7-3-2-4-8-13/h2-4,7-10,14,16H,5-6,11-12H2,1H3/b10-9-/t14-,15+/m0/s1. The van der Waals surface area contributed by atoms with Gasteiger partial charge < -0.3 is 9.84 Å². The minimum Gasteiger partial charge on any atom is -0.387 e. The lowest BCUT2D eigenvalue weighted by molar-refractivity contribution is -0.0641. The minimum atomic E-state index is -0.748. The normalized spacial score (nSPS) is 30.4. The Morgan fingerprint density at radius 3 is 2.82 bits per heavy atom.